The largest absolute Gasteiger partial charge is 0.385 e. The van der Waals surface area contributed by atoms with Crippen molar-refractivity contribution >= 4 is 0 Å². The molecular weight excluding hydrogens is 224 g/mol. The molecule has 2 nitrogen and oxygen atoms in total. The van der Waals surface area contributed by atoms with Crippen LogP contribution in [0, 0.1) is 0 Å². The van der Waals surface area contributed by atoms with Gasteiger partial charge in [0.15, 0.2) is 0 Å². The van der Waals surface area contributed by atoms with Crippen molar-refractivity contribution in [2.24, 2.45) is 0 Å². The van der Waals surface area contributed by atoms with E-state index in [1.54, 1.807) is 0 Å². The average molecular weight is 238 g/mol. The maximum absolute atomic E-state index is 11.1. The fourth-order valence-corrected chi connectivity index (χ4v) is 3.65. The van der Waals surface area contributed by atoms with Crippen molar-refractivity contribution in [2.45, 2.75) is 24.0 Å². The van der Waals surface area contributed by atoms with Gasteiger partial charge in [-0.2, -0.15) is 0 Å². The van der Waals surface area contributed by atoms with Crippen molar-refractivity contribution < 1.29 is 10.2 Å². The molecule has 0 fully saturated rings. The van der Waals surface area contributed by atoms with E-state index in [2.05, 4.69) is 0 Å². The van der Waals surface area contributed by atoms with Gasteiger partial charge in [-0.05, 0) is 22.3 Å². The highest BCUT2D eigenvalue weighted by molar-refractivity contribution is 5.57. The Balaban J connectivity index is 2.06. The van der Waals surface area contributed by atoms with Gasteiger partial charge in [-0.1, -0.05) is 48.5 Å². The van der Waals surface area contributed by atoms with Gasteiger partial charge in [-0.15, -0.1) is 0 Å². The van der Waals surface area contributed by atoms with Crippen molar-refractivity contribution in [3.63, 3.8) is 0 Å². The Kier molecular flexibility index (Phi) is 1.73. The van der Waals surface area contributed by atoms with Gasteiger partial charge in [-0.3, -0.25) is 0 Å². The third-order valence-corrected chi connectivity index (χ3v) is 4.45. The van der Waals surface area contributed by atoms with Crippen LogP contribution in [0.1, 0.15) is 22.3 Å². The lowest BCUT2D eigenvalue weighted by molar-refractivity contribution is -0.106. The first-order chi connectivity index (χ1) is 8.65. The molecule has 4 rings (SSSR count). The van der Waals surface area contributed by atoms with E-state index >= 15 is 0 Å². The minimum atomic E-state index is -1.24. The Hall–Kier alpha value is -1.64. The van der Waals surface area contributed by atoms with Crippen LogP contribution < -0.4 is 0 Å². The van der Waals surface area contributed by atoms with Crippen molar-refractivity contribution in [3.8, 4) is 0 Å². The van der Waals surface area contributed by atoms with E-state index in [4.69, 9.17) is 0 Å². The highest BCUT2D eigenvalue weighted by atomic mass is 16.4. The van der Waals surface area contributed by atoms with Gasteiger partial charge in [0.2, 0.25) is 0 Å². The summed E-state index contributed by atoms with van der Waals surface area (Å²) in [5, 5.41) is 22.0. The van der Waals surface area contributed by atoms with Crippen molar-refractivity contribution in [1.82, 2.24) is 0 Å². The summed E-state index contributed by atoms with van der Waals surface area (Å²) in [5.41, 5.74) is 1.50. The zero-order valence-electron chi connectivity index (χ0n) is 9.93. The summed E-state index contributed by atoms with van der Waals surface area (Å²) in [4.78, 5) is 0. The standard InChI is InChI=1S/C16H14O2/c17-15-9-11-5-1-3-7-13(11)16(15,18)14-8-4-2-6-12(14)10-15/h1-8,17-18H,9-10H2. The first kappa shape index (κ1) is 10.3. The predicted molar refractivity (Wildman–Crippen MR) is 68.2 cm³/mol. The fraction of sp³-hybridized carbons (Fsp3) is 0.250. The number of hydrogen-bond donors (Lipinski definition) is 2. The molecule has 0 saturated heterocycles. The monoisotopic (exact) mass is 238 g/mol. The maximum Gasteiger partial charge on any atom is 0.144 e. The molecule has 18 heavy (non-hydrogen) atoms. The number of rotatable bonds is 0. The highest BCUT2D eigenvalue weighted by Crippen LogP contribution is 2.55. The normalized spacial score (nSPS) is 31.9. The minimum absolute atomic E-state index is 0.522. The molecule has 0 amide bonds. The molecule has 0 atom stereocenters. The molecule has 2 aliphatic carbocycles. The molecule has 90 valence electrons. The summed E-state index contributed by atoms with van der Waals surface area (Å²) in [7, 11) is 0. The molecule has 2 N–H and O–H groups in total. The second-order valence-electron chi connectivity index (χ2n) is 5.41. The molecule has 0 aliphatic heterocycles. The van der Waals surface area contributed by atoms with E-state index in [9.17, 15) is 10.2 Å². The van der Waals surface area contributed by atoms with Crippen molar-refractivity contribution in [3.05, 3.63) is 70.8 Å². The van der Waals surface area contributed by atoms with E-state index in [0.29, 0.717) is 12.8 Å². The van der Waals surface area contributed by atoms with Crippen LogP contribution in [0.3, 0.4) is 0 Å². The molecule has 2 aliphatic rings. The van der Waals surface area contributed by atoms with E-state index in [-0.39, 0.29) is 0 Å². The molecular formula is C16H14O2. The lowest BCUT2D eigenvalue weighted by Crippen LogP contribution is -2.46. The highest BCUT2D eigenvalue weighted by Gasteiger charge is 2.61. The average Bonchev–Trinajstić information content (AvgIpc) is 2.72. The van der Waals surface area contributed by atoms with Gasteiger partial charge >= 0.3 is 0 Å². The van der Waals surface area contributed by atoms with Gasteiger partial charge in [0.05, 0.1) is 0 Å². The summed E-state index contributed by atoms with van der Waals surface area (Å²) in [6, 6.07) is 15.6. The lowest BCUT2D eigenvalue weighted by Gasteiger charge is -2.32. The van der Waals surface area contributed by atoms with Crippen LogP contribution in [0.15, 0.2) is 48.5 Å². The number of fused-ring (bicyclic) bond motifs is 5. The van der Waals surface area contributed by atoms with Gasteiger partial charge in [0, 0.05) is 12.8 Å². The third-order valence-electron chi connectivity index (χ3n) is 4.45. The number of hydrogen-bond acceptors (Lipinski definition) is 2. The number of aliphatic hydroxyl groups is 2. The van der Waals surface area contributed by atoms with E-state index in [1.165, 1.54) is 0 Å². The van der Waals surface area contributed by atoms with Gasteiger partial charge < -0.3 is 10.2 Å². The molecule has 2 aromatic rings. The zero-order chi connectivity index (χ0) is 12.4. The predicted octanol–water partition coefficient (Wildman–Crippen LogP) is 1.77. The van der Waals surface area contributed by atoms with Crippen LogP contribution in [0.4, 0.5) is 0 Å². The Morgan fingerprint density at radius 1 is 0.722 bits per heavy atom. The van der Waals surface area contributed by atoms with Crippen LogP contribution in [0.2, 0.25) is 0 Å². The van der Waals surface area contributed by atoms with Crippen molar-refractivity contribution in [2.75, 3.05) is 0 Å². The first-order valence-corrected chi connectivity index (χ1v) is 6.27. The summed E-state index contributed by atoms with van der Waals surface area (Å²) in [6.07, 6.45) is 1.04. The molecule has 0 spiro atoms. The van der Waals surface area contributed by atoms with E-state index in [0.717, 1.165) is 22.3 Å². The Morgan fingerprint density at radius 2 is 1.17 bits per heavy atom. The summed E-state index contributed by atoms with van der Waals surface area (Å²) in [5.74, 6) is 0. The van der Waals surface area contributed by atoms with Gasteiger partial charge in [-0.25, -0.2) is 0 Å². The summed E-state index contributed by atoms with van der Waals surface area (Å²) < 4.78 is 0. The van der Waals surface area contributed by atoms with Crippen LogP contribution >= 0.6 is 0 Å². The third kappa shape index (κ3) is 0.972. The first-order valence-electron chi connectivity index (χ1n) is 6.27. The van der Waals surface area contributed by atoms with Crippen LogP contribution in [0.25, 0.3) is 0 Å². The fourth-order valence-electron chi connectivity index (χ4n) is 3.65. The SMILES string of the molecule is OC12Cc3ccccc3C1(O)c1ccccc1C2. The van der Waals surface area contributed by atoms with E-state index in [1.807, 2.05) is 48.5 Å². The molecule has 0 bridgehead atoms. The zero-order valence-corrected chi connectivity index (χ0v) is 9.93. The second-order valence-corrected chi connectivity index (χ2v) is 5.41. The topological polar surface area (TPSA) is 40.5 Å². The summed E-state index contributed by atoms with van der Waals surface area (Å²) in [6.45, 7) is 0. The van der Waals surface area contributed by atoms with Crippen LogP contribution in [-0.2, 0) is 18.4 Å². The molecule has 0 saturated carbocycles. The smallest absolute Gasteiger partial charge is 0.144 e. The van der Waals surface area contributed by atoms with Crippen LogP contribution in [0.5, 0.6) is 0 Å². The molecule has 0 aromatic heterocycles. The molecule has 2 aromatic carbocycles. The second kappa shape index (κ2) is 3.02. The summed E-state index contributed by atoms with van der Waals surface area (Å²) >= 11 is 0. The molecule has 2 heteroatoms. The van der Waals surface area contributed by atoms with E-state index < -0.39 is 11.2 Å². The Labute approximate surface area is 106 Å². The minimum Gasteiger partial charge on any atom is -0.385 e. The van der Waals surface area contributed by atoms with Gasteiger partial charge in [0.1, 0.15) is 11.2 Å². The lowest BCUT2D eigenvalue weighted by atomic mass is 9.83. The molecule has 0 unspecified atom stereocenters. The molecule has 0 heterocycles. The Bertz CT molecular complexity index is 596. The maximum atomic E-state index is 11.1. The van der Waals surface area contributed by atoms with Crippen LogP contribution in [-0.4, -0.2) is 15.8 Å². The quantitative estimate of drug-likeness (QED) is 0.734. The molecule has 0 radical (unpaired) electrons. The van der Waals surface area contributed by atoms with Gasteiger partial charge in [0.25, 0.3) is 0 Å². The number of benzene rings is 2. The Morgan fingerprint density at radius 3 is 1.67 bits per heavy atom. The van der Waals surface area contributed by atoms with Crippen molar-refractivity contribution in [1.29, 1.82) is 0 Å².